The minimum atomic E-state index is -0.198. The summed E-state index contributed by atoms with van der Waals surface area (Å²) in [5.41, 5.74) is 2.15. The largest absolute Gasteiger partial charge is 0.508 e. The van der Waals surface area contributed by atoms with Crippen molar-refractivity contribution in [3.8, 4) is 5.75 Å². The van der Waals surface area contributed by atoms with Crippen molar-refractivity contribution in [3.05, 3.63) is 63.5 Å². The second-order valence-electron chi connectivity index (χ2n) is 4.32. The minimum Gasteiger partial charge on any atom is -0.508 e. The van der Waals surface area contributed by atoms with Crippen LogP contribution in [0.25, 0.3) is 11.0 Å². The molecule has 0 saturated carbocycles. The zero-order valence-electron chi connectivity index (χ0n) is 9.93. The third kappa shape index (κ3) is 2.11. The van der Waals surface area contributed by atoms with E-state index in [1.807, 2.05) is 12.1 Å². The highest BCUT2D eigenvalue weighted by Crippen LogP contribution is 2.21. The van der Waals surface area contributed by atoms with Crippen LogP contribution in [0.15, 0.2) is 47.3 Å². The molecule has 0 atom stereocenters. The Morgan fingerprint density at radius 1 is 1.16 bits per heavy atom. The Hall–Kier alpha value is -2.20. The average Bonchev–Trinajstić information content (AvgIpc) is 2.71. The molecule has 96 valence electrons. The van der Waals surface area contributed by atoms with Crippen molar-refractivity contribution in [2.75, 3.05) is 0 Å². The van der Waals surface area contributed by atoms with Crippen LogP contribution in [0.3, 0.4) is 0 Å². The van der Waals surface area contributed by atoms with E-state index in [9.17, 15) is 9.90 Å². The molecule has 0 radical (unpaired) electrons. The Kier molecular flexibility index (Phi) is 2.80. The molecule has 19 heavy (non-hydrogen) atoms. The SMILES string of the molecule is O=c1[nH]c2c(Cl)cccc2n1Cc1ccc(O)cc1. The van der Waals surface area contributed by atoms with Crippen LogP contribution in [0.4, 0.5) is 0 Å². The lowest BCUT2D eigenvalue weighted by Gasteiger charge is -2.04. The molecule has 2 N–H and O–H groups in total. The monoisotopic (exact) mass is 274 g/mol. The number of benzene rings is 2. The second-order valence-corrected chi connectivity index (χ2v) is 4.72. The topological polar surface area (TPSA) is 58.0 Å². The first-order valence-corrected chi connectivity index (χ1v) is 6.18. The Balaban J connectivity index is 2.10. The van der Waals surface area contributed by atoms with Gasteiger partial charge in [0.15, 0.2) is 0 Å². The van der Waals surface area contributed by atoms with Crippen molar-refractivity contribution in [1.29, 1.82) is 0 Å². The average molecular weight is 275 g/mol. The number of H-pyrrole nitrogens is 1. The van der Waals surface area contributed by atoms with Gasteiger partial charge in [0, 0.05) is 0 Å². The fourth-order valence-corrected chi connectivity index (χ4v) is 2.30. The standard InChI is InChI=1S/C14H11ClN2O2/c15-11-2-1-3-12-13(11)16-14(19)17(12)8-9-4-6-10(18)7-5-9/h1-7,18H,8H2,(H,16,19). The summed E-state index contributed by atoms with van der Waals surface area (Å²) < 4.78 is 1.62. The molecule has 0 bridgehead atoms. The Bertz CT molecular complexity index is 787. The first kappa shape index (κ1) is 11.9. The van der Waals surface area contributed by atoms with Gasteiger partial charge in [-0.2, -0.15) is 0 Å². The number of para-hydroxylation sites is 1. The van der Waals surface area contributed by atoms with E-state index in [1.54, 1.807) is 34.9 Å². The number of hydrogen-bond acceptors (Lipinski definition) is 2. The lowest BCUT2D eigenvalue weighted by atomic mass is 10.2. The molecule has 5 heteroatoms. The van der Waals surface area contributed by atoms with Gasteiger partial charge in [0.25, 0.3) is 0 Å². The molecule has 1 heterocycles. The molecule has 3 rings (SSSR count). The van der Waals surface area contributed by atoms with Gasteiger partial charge in [0.05, 0.1) is 22.6 Å². The number of aromatic amines is 1. The van der Waals surface area contributed by atoms with Crippen molar-refractivity contribution in [1.82, 2.24) is 9.55 Å². The molecule has 0 aliphatic heterocycles. The predicted octanol–water partition coefficient (Wildman–Crippen LogP) is 2.74. The van der Waals surface area contributed by atoms with Gasteiger partial charge in [-0.1, -0.05) is 29.8 Å². The van der Waals surface area contributed by atoms with E-state index in [0.29, 0.717) is 17.1 Å². The van der Waals surface area contributed by atoms with Crippen molar-refractivity contribution in [2.24, 2.45) is 0 Å². The van der Waals surface area contributed by atoms with E-state index >= 15 is 0 Å². The minimum absolute atomic E-state index is 0.198. The number of phenolic OH excluding ortho intramolecular Hbond substituents is 1. The molecule has 0 aliphatic carbocycles. The van der Waals surface area contributed by atoms with Crippen LogP contribution < -0.4 is 5.69 Å². The van der Waals surface area contributed by atoms with Crippen LogP contribution in [0, 0.1) is 0 Å². The summed E-state index contributed by atoms with van der Waals surface area (Å²) in [5, 5.41) is 9.78. The quantitative estimate of drug-likeness (QED) is 0.755. The Morgan fingerprint density at radius 2 is 1.89 bits per heavy atom. The molecule has 1 aromatic heterocycles. The smallest absolute Gasteiger partial charge is 0.326 e. The highest BCUT2D eigenvalue weighted by atomic mass is 35.5. The fourth-order valence-electron chi connectivity index (χ4n) is 2.09. The summed E-state index contributed by atoms with van der Waals surface area (Å²) >= 11 is 6.05. The van der Waals surface area contributed by atoms with Crippen LogP contribution >= 0.6 is 11.6 Å². The van der Waals surface area contributed by atoms with E-state index < -0.39 is 0 Å². The van der Waals surface area contributed by atoms with E-state index in [2.05, 4.69) is 4.98 Å². The third-order valence-electron chi connectivity index (χ3n) is 3.04. The number of imidazole rings is 1. The second kappa shape index (κ2) is 4.48. The van der Waals surface area contributed by atoms with E-state index in [-0.39, 0.29) is 11.4 Å². The molecule has 0 unspecified atom stereocenters. The van der Waals surface area contributed by atoms with Gasteiger partial charge in [-0.25, -0.2) is 4.79 Å². The number of aromatic hydroxyl groups is 1. The van der Waals surface area contributed by atoms with E-state index in [4.69, 9.17) is 11.6 Å². The lowest BCUT2D eigenvalue weighted by molar-refractivity contribution is 0.475. The summed E-state index contributed by atoms with van der Waals surface area (Å²) in [7, 11) is 0. The summed E-state index contributed by atoms with van der Waals surface area (Å²) in [6, 6.07) is 12.2. The third-order valence-corrected chi connectivity index (χ3v) is 3.35. The maximum atomic E-state index is 12.0. The number of rotatable bonds is 2. The molecule has 3 aromatic rings. The van der Waals surface area contributed by atoms with Gasteiger partial charge in [0.1, 0.15) is 5.75 Å². The van der Waals surface area contributed by atoms with Gasteiger partial charge in [-0.15, -0.1) is 0 Å². The molecular formula is C14H11ClN2O2. The van der Waals surface area contributed by atoms with Gasteiger partial charge in [0.2, 0.25) is 0 Å². The molecule has 4 nitrogen and oxygen atoms in total. The molecule has 0 aliphatic rings. The molecule has 0 amide bonds. The molecule has 0 fully saturated rings. The van der Waals surface area contributed by atoms with Crippen molar-refractivity contribution < 1.29 is 5.11 Å². The maximum absolute atomic E-state index is 12.0. The zero-order chi connectivity index (χ0) is 13.4. The number of phenols is 1. The number of nitrogens with zero attached hydrogens (tertiary/aromatic N) is 1. The van der Waals surface area contributed by atoms with Crippen molar-refractivity contribution in [2.45, 2.75) is 6.54 Å². The van der Waals surface area contributed by atoms with E-state index in [0.717, 1.165) is 11.1 Å². The van der Waals surface area contributed by atoms with E-state index in [1.165, 1.54) is 0 Å². The van der Waals surface area contributed by atoms with Crippen molar-refractivity contribution >= 4 is 22.6 Å². The number of aromatic nitrogens is 2. The highest BCUT2D eigenvalue weighted by molar-refractivity contribution is 6.34. The number of hydrogen-bond donors (Lipinski definition) is 2. The Labute approximate surface area is 113 Å². The maximum Gasteiger partial charge on any atom is 0.326 e. The summed E-state index contributed by atoms with van der Waals surface area (Å²) in [4.78, 5) is 14.7. The first-order valence-electron chi connectivity index (χ1n) is 5.80. The first-order chi connectivity index (χ1) is 9.15. The molecular weight excluding hydrogens is 264 g/mol. The van der Waals surface area contributed by atoms with Crippen LogP contribution in [0.1, 0.15) is 5.56 Å². The summed E-state index contributed by atoms with van der Waals surface area (Å²) in [6.07, 6.45) is 0. The summed E-state index contributed by atoms with van der Waals surface area (Å²) in [5.74, 6) is 0.207. The zero-order valence-corrected chi connectivity index (χ0v) is 10.7. The normalized spacial score (nSPS) is 11.0. The predicted molar refractivity (Wildman–Crippen MR) is 74.8 cm³/mol. The van der Waals surface area contributed by atoms with Crippen LogP contribution in [0.2, 0.25) is 5.02 Å². The number of fused-ring (bicyclic) bond motifs is 1. The summed E-state index contributed by atoms with van der Waals surface area (Å²) in [6.45, 7) is 0.430. The van der Waals surface area contributed by atoms with Gasteiger partial charge >= 0.3 is 5.69 Å². The van der Waals surface area contributed by atoms with Crippen LogP contribution in [0.5, 0.6) is 5.75 Å². The van der Waals surface area contributed by atoms with Gasteiger partial charge in [-0.3, -0.25) is 4.57 Å². The number of nitrogens with one attached hydrogen (secondary N) is 1. The molecule has 2 aromatic carbocycles. The van der Waals surface area contributed by atoms with Gasteiger partial charge < -0.3 is 10.1 Å². The van der Waals surface area contributed by atoms with Gasteiger partial charge in [-0.05, 0) is 29.8 Å². The van der Waals surface area contributed by atoms with Crippen molar-refractivity contribution in [3.63, 3.8) is 0 Å². The van der Waals surface area contributed by atoms with Crippen LogP contribution in [-0.2, 0) is 6.54 Å². The lowest BCUT2D eigenvalue weighted by Crippen LogP contribution is -2.17. The molecule has 0 saturated heterocycles. The highest BCUT2D eigenvalue weighted by Gasteiger charge is 2.09. The Morgan fingerprint density at radius 3 is 2.63 bits per heavy atom. The molecule has 0 spiro atoms. The fraction of sp³-hybridized carbons (Fsp3) is 0.0714. The number of halogens is 1. The van der Waals surface area contributed by atoms with Crippen LogP contribution in [-0.4, -0.2) is 14.7 Å².